The summed E-state index contributed by atoms with van der Waals surface area (Å²) in [5.41, 5.74) is 0.834. The SMILES string of the molecule is O=C1C=C(O)C(c2ccccc2)=C1O. The number of carbonyl (C=O) groups is 1. The highest BCUT2D eigenvalue weighted by atomic mass is 16.3. The minimum atomic E-state index is -0.554. The second-order valence-electron chi connectivity index (χ2n) is 2.98. The average molecular weight is 188 g/mol. The second-order valence-corrected chi connectivity index (χ2v) is 2.98. The first-order valence-corrected chi connectivity index (χ1v) is 4.14. The molecule has 0 aromatic heterocycles. The molecule has 0 saturated heterocycles. The van der Waals surface area contributed by atoms with Gasteiger partial charge in [-0.1, -0.05) is 30.3 Å². The zero-order valence-electron chi connectivity index (χ0n) is 7.27. The van der Waals surface area contributed by atoms with Crippen molar-refractivity contribution < 1.29 is 15.0 Å². The molecule has 0 atom stereocenters. The number of hydrogen-bond acceptors (Lipinski definition) is 3. The molecule has 0 aliphatic heterocycles. The Labute approximate surface area is 80.6 Å². The highest BCUT2D eigenvalue weighted by Crippen LogP contribution is 2.29. The molecule has 0 amide bonds. The van der Waals surface area contributed by atoms with E-state index in [0.29, 0.717) is 5.56 Å². The van der Waals surface area contributed by atoms with Crippen LogP contribution in [0.15, 0.2) is 47.9 Å². The average Bonchev–Trinajstić information content (AvgIpc) is 2.43. The maximum atomic E-state index is 11.0. The third kappa shape index (κ3) is 1.19. The van der Waals surface area contributed by atoms with Crippen molar-refractivity contribution in [1.82, 2.24) is 0 Å². The van der Waals surface area contributed by atoms with Crippen LogP contribution in [0.4, 0.5) is 0 Å². The third-order valence-corrected chi connectivity index (χ3v) is 2.06. The van der Waals surface area contributed by atoms with Gasteiger partial charge in [0.25, 0.3) is 0 Å². The molecule has 0 bridgehead atoms. The molecular formula is C11H8O3. The highest BCUT2D eigenvalue weighted by Gasteiger charge is 2.24. The van der Waals surface area contributed by atoms with Crippen molar-refractivity contribution in [1.29, 1.82) is 0 Å². The quantitative estimate of drug-likeness (QED) is 0.708. The van der Waals surface area contributed by atoms with Crippen molar-refractivity contribution in [2.45, 2.75) is 0 Å². The highest BCUT2D eigenvalue weighted by molar-refractivity contribution is 6.15. The van der Waals surface area contributed by atoms with E-state index < -0.39 is 11.5 Å². The monoisotopic (exact) mass is 188 g/mol. The van der Waals surface area contributed by atoms with Crippen LogP contribution in [-0.2, 0) is 4.79 Å². The van der Waals surface area contributed by atoms with Gasteiger partial charge < -0.3 is 10.2 Å². The summed E-state index contributed by atoms with van der Waals surface area (Å²) in [6.07, 6.45) is 1.01. The van der Waals surface area contributed by atoms with Gasteiger partial charge in [-0.3, -0.25) is 4.79 Å². The third-order valence-electron chi connectivity index (χ3n) is 2.06. The molecule has 3 nitrogen and oxygen atoms in total. The van der Waals surface area contributed by atoms with Crippen molar-refractivity contribution >= 4 is 11.4 Å². The standard InChI is InChI=1S/C11H8O3/c12-8-6-9(13)11(14)10(8)7-4-2-1-3-5-7/h1-6,12H,(H,13,14). The number of allylic oxidation sites excluding steroid dienone is 2. The molecule has 2 N–H and O–H groups in total. The fourth-order valence-corrected chi connectivity index (χ4v) is 1.40. The summed E-state index contributed by atoms with van der Waals surface area (Å²) >= 11 is 0. The molecule has 70 valence electrons. The zero-order chi connectivity index (χ0) is 10.1. The molecule has 0 spiro atoms. The maximum Gasteiger partial charge on any atom is 0.224 e. The van der Waals surface area contributed by atoms with Crippen LogP contribution in [0.2, 0.25) is 0 Å². The van der Waals surface area contributed by atoms with Crippen LogP contribution in [0.1, 0.15) is 5.56 Å². The molecule has 1 aliphatic carbocycles. The van der Waals surface area contributed by atoms with E-state index in [1.165, 1.54) is 0 Å². The molecular weight excluding hydrogens is 180 g/mol. The van der Waals surface area contributed by atoms with Crippen molar-refractivity contribution in [3.05, 3.63) is 53.5 Å². The molecule has 2 rings (SSSR count). The summed E-state index contributed by atoms with van der Waals surface area (Å²) in [5, 5.41) is 18.8. The molecule has 0 radical (unpaired) electrons. The van der Waals surface area contributed by atoms with E-state index in [1.54, 1.807) is 24.3 Å². The molecule has 0 saturated carbocycles. The lowest BCUT2D eigenvalue weighted by atomic mass is 10.1. The number of rotatable bonds is 1. The van der Waals surface area contributed by atoms with E-state index in [0.717, 1.165) is 6.08 Å². The lowest BCUT2D eigenvalue weighted by Gasteiger charge is -2.02. The van der Waals surface area contributed by atoms with Crippen LogP contribution in [0, 0.1) is 0 Å². The molecule has 1 aromatic carbocycles. The summed E-state index contributed by atoms with van der Waals surface area (Å²) in [6, 6.07) is 8.79. The lowest BCUT2D eigenvalue weighted by molar-refractivity contribution is -0.113. The summed E-state index contributed by atoms with van der Waals surface area (Å²) < 4.78 is 0. The van der Waals surface area contributed by atoms with Gasteiger partial charge in [0.05, 0.1) is 5.57 Å². The number of ketones is 1. The number of aliphatic hydroxyl groups excluding tert-OH is 2. The first-order chi connectivity index (χ1) is 6.70. The summed E-state index contributed by atoms with van der Waals surface area (Å²) in [5.74, 6) is -1.13. The number of hydrogen-bond donors (Lipinski definition) is 2. The van der Waals surface area contributed by atoms with Crippen molar-refractivity contribution in [3.8, 4) is 0 Å². The Bertz CT molecular complexity index is 441. The second kappa shape index (κ2) is 3.03. The summed E-state index contributed by atoms with van der Waals surface area (Å²) in [4.78, 5) is 11.0. The first-order valence-electron chi connectivity index (χ1n) is 4.14. The normalized spacial score (nSPS) is 16.0. The predicted octanol–water partition coefficient (Wildman–Crippen LogP) is 1.98. The topological polar surface area (TPSA) is 57.5 Å². The predicted molar refractivity (Wildman–Crippen MR) is 51.7 cm³/mol. The van der Waals surface area contributed by atoms with E-state index in [9.17, 15) is 15.0 Å². The first kappa shape index (κ1) is 8.56. The van der Waals surface area contributed by atoms with Gasteiger partial charge in [0.15, 0.2) is 5.76 Å². The number of benzene rings is 1. The fraction of sp³-hybridized carbons (Fsp3) is 0. The van der Waals surface area contributed by atoms with Crippen molar-refractivity contribution in [2.24, 2.45) is 0 Å². The molecule has 0 unspecified atom stereocenters. The molecule has 14 heavy (non-hydrogen) atoms. The van der Waals surface area contributed by atoms with Crippen LogP contribution in [0.5, 0.6) is 0 Å². The van der Waals surface area contributed by atoms with E-state index in [-0.39, 0.29) is 11.3 Å². The molecule has 0 fully saturated rings. The van der Waals surface area contributed by atoms with E-state index in [2.05, 4.69) is 0 Å². The lowest BCUT2D eigenvalue weighted by Crippen LogP contribution is -1.94. The van der Waals surface area contributed by atoms with Gasteiger partial charge in [0.2, 0.25) is 5.78 Å². The van der Waals surface area contributed by atoms with Crippen LogP contribution >= 0.6 is 0 Å². The van der Waals surface area contributed by atoms with Gasteiger partial charge in [-0.2, -0.15) is 0 Å². The van der Waals surface area contributed by atoms with Gasteiger partial charge in [0.1, 0.15) is 5.76 Å². The van der Waals surface area contributed by atoms with Gasteiger partial charge in [0, 0.05) is 6.08 Å². The van der Waals surface area contributed by atoms with Crippen LogP contribution in [0.3, 0.4) is 0 Å². The fourth-order valence-electron chi connectivity index (χ4n) is 1.40. The van der Waals surface area contributed by atoms with Crippen LogP contribution in [0.25, 0.3) is 5.57 Å². The maximum absolute atomic E-state index is 11.0. The minimum absolute atomic E-state index is 0.182. The Morgan fingerprint density at radius 2 is 1.64 bits per heavy atom. The Morgan fingerprint density at radius 1 is 1.00 bits per heavy atom. The van der Waals surface area contributed by atoms with E-state index in [4.69, 9.17) is 0 Å². The smallest absolute Gasteiger partial charge is 0.224 e. The molecule has 3 heteroatoms. The van der Waals surface area contributed by atoms with Gasteiger partial charge >= 0.3 is 0 Å². The Kier molecular flexibility index (Phi) is 1.85. The van der Waals surface area contributed by atoms with E-state index >= 15 is 0 Å². The van der Waals surface area contributed by atoms with Gasteiger partial charge in [-0.25, -0.2) is 0 Å². The molecule has 1 aromatic rings. The Morgan fingerprint density at radius 3 is 2.14 bits per heavy atom. The molecule has 0 heterocycles. The van der Waals surface area contributed by atoms with Gasteiger partial charge in [-0.15, -0.1) is 0 Å². The number of carbonyl (C=O) groups excluding carboxylic acids is 1. The summed E-state index contributed by atoms with van der Waals surface area (Å²) in [7, 11) is 0. The van der Waals surface area contributed by atoms with Crippen LogP contribution < -0.4 is 0 Å². The Hall–Kier alpha value is -2.03. The summed E-state index contributed by atoms with van der Waals surface area (Å²) in [6.45, 7) is 0. The van der Waals surface area contributed by atoms with Gasteiger partial charge in [-0.05, 0) is 5.56 Å². The van der Waals surface area contributed by atoms with E-state index in [1.807, 2.05) is 6.07 Å². The Balaban J connectivity index is 2.56. The number of aliphatic hydroxyl groups is 2. The zero-order valence-corrected chi connectivity index (χ0v) is 7.27. The molecule has 1 aliphatic rings. The largest absolute Gasteiger partial charge is 0.507 e. The van der Waals surface area contributed by atoms with Crippen molar-refractivity contribution in [3.63, 3.8) is 0 Å². The minimum Gasteiger partial charge on any atom is -0.507 e. The van der Waals surface area contributed by atoms with Crippen LogP contribution in [-0.4, -0.2) is 16.0 Å². The van der Waals surface area contributed by atoms with Crippen molar-refractivity contribution in [2.75, 3.05) is 0 Å².